The predicted octanol–water partition coefficient (Wildman–Crippen LogP) is 3.64. The average molecular weight is 433 g/mol. The Morgan fingerprint density at radius 1 is 1.03 bits per heavy atom. The van der Waals surface area contributed by atoms with Crippen molar-refractivity contribution in [3.05, 3.63) is 76.1 Å². The molecule has 1 aromatic heterocycles. The Morgan fingerprint density at radius 3 is 2.50 bits per heavy atom. The first-order valence-electron chi connectivity index (χ1n) is 11.2. The van der Waals surface area contributed by atoms with E-state index in [9.17, 15) is 14.7 Å². The molecule has 2 atom stereocenters. The minimum atomic E-state index is -1.02. The Kier molecular flexibility index (Phi) is 5.05. The lowest BCUT2D eigenvalue weighted by molar-refractivity contribution is -0.147. The van der Waals surface area contributed by atoms with Gasteiger partial charge in [0.2, 0.25) is 5.91 Å². The van der Waals surface area contributed by atoms with Crippen molar-refractivity contribution < 1.29 is 14.6 Å². The molecule has 6 heteroatoms. The number of aliphatic hydroxyl groups is 1. The van der Waals surface area contributed by atoms with Gasteiger partial charge in [0.15, 0.2) is 0 Å². The molecule has 0 spiro atoms. The van der Waals surface area contributed by atoms with Crippen LogP contribution in [0.2, 0.25) is 0 Å². The van der Waals surface area contributed by atoms with Gasteiger partial charge in [-0.15, -0.1) is 0 Å². The molecule has 0 bridgehead atoms. The van der Waals surface area contributed by atoms with Crippen LogP contribution in [0.25, 0.3) is 10.9 Å². The van der Waals surface area contributed by atoms with Gasteiger partial charge in [-0.3, -0.25) is 9.59 Å². The SMILES string of the molecule is CC1(C)Oc2c(c(=O)n(Cc3ccccc3)c3ccccc23)[C@H](N2CCCCC2=O)[C@H]1O. The number of aromatic nitrogens is 1. The van der Waals surface area contributed by atoms with Gasteiger partial charge >= 0.3 is 0 Å². The third-order valence-electron chi connectivity index (χ3n) is 6.71. The molecule has 2 aliphatic heterocycles. The Labute approximate surface area is 187 Å². The van der Waals surface area contributed by atoms with Crippen LogP contribution < -0.4 is 10.3 Å². The van der Waals surface area contributed by atoms with Gasteiger partial charge in [-0.2, -0.15) is 0 Å². The zero-order valence-corrected chi connectivity index (χ0v) is 18.5. The van der Waals surface area contributed by atoms with Crippen LogP contribution in [-0.4, -0.2) is 38.7 Å². The summed E-state index contributed by atoms with van der Waals surface area (Å²) in [5, 5.41) is 12.1. The van der Waals surface area contributed by atoms with Crippen LogP contribution in [0.5, 0.6) is 5.75 Å². The number of rotatable bonds is 3. The van der Waals surface area contributed by atoms with Crippen molar-refractivity contribution in [1.82, 2.24) is 9.47 Å². The number of amides is 1. The molecule has 2 aliphatic rings. The van der Waals surface area contributed by atoms with Crippen LogP contribution in [0.15, 0.2) is 59.4 Å². The molecule has 1 fully saturated rings. The molecule has 1 N–H and O–H groups in total. The van der Waals surface area contributed by atoms with Crippen molar-refractivity contribution in [1.29, 1.82) is 0 Å². The first-order chi connectivity index (χ1) is 15.4. The maximum atomic E-state index is 14.0. The predicted molar refractivity (Wildman–Crippen MR) is 123 cm³/mol. The van der Waals surface area contributed by atoms with Gasteiger partial charge in [-0.1, -0.05) is 42.5 Å². The van der Waals surface area contributed by atoms with E-state index in [1.165, 1.54) is 0 Å². The van der Waals surface area contributed by atoms with Gasteiger partial charge in [0.25, 0.3) is 5.56 Å². The Morgan fingerprint density at radius 2 is 1.75 bits per heavy atom. The zero-order valence-electron chi connectivity index (χ0n) is 18.5. The highest BCUT2D eigenvalue weighted by Gasteiger charge is 2.49. The maximum Gasteiger partial charge on any atom is 0.260 e. The number of aliphatic hydroxyl groups excluding tert-OH is 1. The molecule has 1 amide bonds. The number of hydrogen-bond acceptors (Lipinski definition) is 4. The fraction of sp³-hybridized carbons (Fsp3) is 0.385. The summed E-state index contributed by atoms with van der Waals surface area (Å²) in [5.41, 5.74) is 0.983. The normalized spacial score (nSPS) is 22.5. The van der Waals surface area contributed by atoms with Crippen molar-refractivity contribution in [2.75, 3.05) is 6.54 Å². The van der Waals surface area contributed by atoms with Gasteiger partial charge < -0.3 is 19.3 Å². The van der Waals surface area contributed by atoms with Gasteiger partial charge in [-0.05, 0) is 44.4 Å². The highest BCUT2D eigenvalue weighted by atomic mass is 16.5. The molecule has 3 aromatic rings. The van der Waals surface area contributed by atoms with E-state index in [-0.39, 0.29) is 11.5 Å². The number of ether oxygens (including phenoxy) is 1. The lowest BCUT2D eigenvalue weighted by Crippen LogP contribution is -2.57. The number of likely N-dealkylation sites (tertiary alicyclic amines) is 1. The summed E-state index contributed by atoms with van der Waals surface area (Å²) in [4.78, 5) is 28.6. The van der Waals surface area contributed by atoms with Crippen molar-refractivity contribution in [2.45, 2.75) is 57.4 Å². The molecule has 0 radical (unpaired) electrons. The summed E-state index contributed by atoms with van der Waals surface area (Å²) in [7, 11) is 0. The van der Waals surface area contributed by atoms with E-state index < -0.39 is 17.7 Å². The maximum absolute atomic E-state index is 14.0. The van der Waals surface area contributed by atoms with E-state index in [1.807, 2.05) is 68.4 Å². The summed E-state index contributed by atoms with van der Waals surface area (Å²) < 4.78 is 8.02. The average Bonchev–Trinajstić information content (AvgIpc) is 2.79. The molecule has 1 saturated heterocycles. The Bertz CT molecular complexity index is 1230. The lowest BCUT2D eigenvalue weighted by Gasteiger charge is -2.47. The number of nitrogens with zero attached hydrogens (tertiary/aromatic N) is 2. The number of fused-ring (bicyclic) bond motifs is 3. The third kappa shape index (κ3) is 3.30. The molecular formula is C26H28N2O4. The summed E-state index contributed by atoms with van der Waals surface area (Å²) in [6, 6.07) is 16.8. The smallest absolute Gasteiger partial charge is 0.260 e. The van der Waals surface area contributed by atoms with Crippen LogP contribution >= 0.6 is 0 Å². The molecule has 32 heavy (non-hydrogen) atoms. The molecule has 0 aliphatic carbocycles. The van der Waals surface area contributed by atoms with Gasteiger partial charge in [0.1, 0.15) is 17.5 Å². The van der Waals surface area contributed by atoms with E-state index in [4.69, 9.17) is 4.74 Å². The van der Waals surface area contributed by atoms with E-state index in [2.05, 4.69) is 0 Å². The van der Waals surface area contributed by atoms with Crippen molar-refractivity contribution in [3.8, 4) is 5.75 Å². The molecule has 3 heterocycles. The minimum absolute atomic E-state index is 0.0221. The first kappa shape index (κ1) is 20.8. The second-order valence-electron chi connectivity index (χ2n) is 9.28. The van der Waals surface area contributed by atoms with E-state index >= 15 is 0 Å². The second kappa shape index (κ2) is 7.78. The van der Waals surface area contributed by atoms with Crippen LogP contribution in [0.1, 0.15) is 50.3 Å². The number of piperidine rings is 1. The summed E-state index contributed by atoms with van der Waals surface area (Å²) in [5.74, 6) is 0.458. The van der Waals surface area contributed by atoms with Crippen molar-refractivity contribution in [2.24, 2.45) is 0 Å². The van der Waals surface area contributed by atoms with E-state index in [0.29, 0.717) is 30.8 Å². The van der Waals surface area contributed by atoms with Gasteiger partial charge in [-0.25, -0.2) is 0 Å². The molecule has 5 rings (SSSR count). The van der Waals surface area contributed by atoms with Crippen LogP contribution in [0.4, 0.5) is 0 Å². The number of para-hydroxylation sites is 1. The number of carbonyl (C=O) groups is 1. The summed E-state index contributed by atoms with van der Waals surface area (Å²) in [6.45, 7) is 4.55. The third-order valence-corrected chi connectivity index (χ3v) is 6.71. The fourth-order valence-electron chi connectivity index (χ4n) is 5.00. The van der Waals surface area contributed by atoms with Crippen LogP contribution in [0.3, 0.4) is 0 Å². The monoisotopic (exact) mass is 432 g/mol. The number of pyridine rings is 1. The van der Waals surface area contributed by atoms with Gasteiger partial charge in [0, 0.05) is 18.4 Å². The fourth-order valence-corrected chi connectivity index (χ4v) is 5.00. The highest BCUT2D eigenvalue weighted by Crippen LogP contribution is 2.45. The van der Waals surface area contributed by atoms with E-state index in [0.717, 1.165) is 29.3 Å². The highest BCUT2D eigenvalue weighted by molar-refractivity contribution is 5.88. The van der Waals surface area contributed by atoms with Crippen LogP contribution in [-0.2, 0) is 11.3 Å². The Hall–Kier alpha value is -3.12. The molecule has 2 aromatic carbocycles. The van der Waals surface area contributed by atoms with Crippen molar-refractivity contribution in [3.63, 3.8) is 0 Å². The molecule has 166 valence electrons. The van der Waals surface area contributed by atoms with Crippen LogP contribution in [0, 0.1) is 0 Å². The largest absolute Gasteiger partial charge is 0.484 e. The number of carbonyl (C=O) groups excluding carboxylic acids is 1. The molecular weight excluding hydrogens is 404 g/mol. The molecule has 6 nitrogen and oxygen atoms in total. The minimum Gasteiger partial charge on any atom is -0.484 e. The van der Waals surface area contributed by atoms with Gasteiger partial charge in [0.05, 0.1) is 23.7 Å². The number of hydrogen-bond donors (Lipinski definition) is 1. The standard InChI is InChI=1S/C26H28N2O4/c1-26(2)24(30)22(27-15-9-8-14-20(27)29)21-23(32-26)18-12-6-7-13-19(18)28(25(21)31)16-17-10-4-3-5-11-17/h3-7,10-13,22,24,30H,8-9,14-16H2,1-2H3/t22-,24+/m0/s1. The van der Waals surface area contributed by atoms with E-state index in [1.54, 1.807) is 9.47 Å². The molecule has 0 unspecified atom stereocenters. The zero-order chi connectivity index (χ0) is 22.5. The number of benzene rings is 2. The lowest BCUT2D eigenvalue weighted by atomic mass is 9.84. The summed E-state index contributed by atoms with van der Waals surface area (Å²) >= 11 is 0. The first-order valence-corrected chi connectivity index (χ1v) is 11.2. The topological polar surface area (TPSA) is 71.8 Å². The Balaban J connectivity index is 1.78. The summed E-state index contributed by atoms with van der Waals surface area (Å²) in [6.07, 6.45) is 1.11. The second-order valence-corrected chi connectivity index (χ2v) is 9.28. The molecule has 0 saturated carbocycles. The quantitative estimate of drug-likeness (QED) is 0.686. The van der Waals surface area contributed by atoms with Crippen molar-refractivity contribution >= 4 is 16.8 Å².